The van der Waals surface area contributed by atoms with Crippen LogP contribution in [0.3, 0.4) is 0 Å². The molecule has 0 heterocycles. The van der Waals surface area contributed by atoms with Gasteiger partial charge in [0.2, 0.25) is 5.39 Å². The lowest BCUT2D eigenvalue weighted by Gasteiger charge is -1.98. The molecule has 2 aromatic rings. The molecule has 0 saturated carbocycles. The summed E-state index contributed by atoms with van der Waals surface area (Å²) in [6.45, 7) is 0. The van der Waals surface area contributed by atoms with Gasteiger partial charge in [-0.05, 0) is 11.1 Å². The third-order valence-electron chi connectivity index (χ3n) is 1.88. The molecule has 2 heteroatoms. The van der Waals surface area contributed by atoms with Gasteiger partial charge in [0.25, 0.3) is 7.05 Å². The van der Waals surface area contributed by atoms with Crippen LogP contribution in [0.4, 0.5) is 0 Å². The van der Waals surface area contributed by atoms with Crippen LogP contribution in [0.2, 0.25) is 0 Å². The van der Waals surface area contributed by atoms with Gasteiger partial charge in [0.1, 0.15) is 4.98 Å². The maximum atomic E-state index is 7.19. The Morgan fingerprint density at radius 3 is 1.27 bits per heavy atom. The lowest BCUT2D eigenvalue weighted by Crippen LogP contribution is -1.73. The molecule has 0 radical (unpaired) electrons. The summed E-state index contributed by atoms with van der Waals surface area (Å²) >= 11 is 0. The molecule has 0 saturated heterocycles. The van der Waals surface area contributed by atoms with Crippen LogP contribution in [0.25, 0.3) is 16.1 Å². The van der Waals surface area contributed by atoms with Crippen molar-refractivity contribution in [1.29, 1.82) is 5.39 Å². The van der Waals surface area contributed by atoms with E-state index in [1.807, 2.05) is 12.1 Å². The van der Waals surface area contributed by atoms with E-state index in [0.717, 1.165) is 0 Å². The van der Waals surface area contributed by atoms with Crippen molar-refractivity contribution in [3.05, 3.63) is 65.6 Å². The standard InChI is InChI=1S/C12H10.CH3N2/c1-3-7-11(8-4-1)12-9-5-2-6-10-12;1-3-2/h1-10H;1H3/q;+1. The summed E-state index contributed by atoms with van der Waals surface area (Å²) in [5, 5.41) is 7.19. The first-order valence-electron chi connectivity index (χ1n) is 4.72. The molecule has 0 fully saturated rings. The molecule has 2 rings (SSSR count). The average Bonchev–Trinajstić information content (AvgIpc) is 2.32. The topological polar surface area (TPSA) is 28.1 Å². The highest BCUT2D eigenvalue weighted by atomic mass is 14.8. The van der Waals surface area contributed by atoms with Gasteiger partial charge in [-0.2, -0.15) is 0 Å². The molecular weight excluding hydrogens is 184 g/mol. The van der Waals surface area contributed by atoms with Crippen molar-refractivity contribution in [3.63, 3.8) is 0 Å². The fourth-order valence-corrected chi connectivity index (χ4v) is 1.26. The van der Waals surface area contributed by atoms with Gasteiger partial charge in [-0.25, -0.2) is 0 Å². The van der Waals surface area contributed by atoms with E-state index in [2.05, 4.69) is 53.5 Å². The summed E-state index contributed by atoms with van der Waals surface area (Å²) in [7, 11) is 1.31. The van der Waals surface area contributed by atoms with Gasteiger partial charge in [-0.3, -0.25) is 0 Å². The number of hydrogen-bond acceptors (Lipinski definition) is 1. The van der Waals surface area contributed by atoms with Crippen LogP contribution >= 0.6 is 0 Å². The quantitative estimate of drug-likeness (QED) is 0.638. The summed E-state index contributed by atoms with van der Waals surface area (Å²) in [6.07, 6.45) is 0. The van der Waals surface area contributed by atoms with Gasteiger partial charge >= 0.3 is 0 Å². The maximum absolute atomic E-state index is 7.19. The van der Waals surface area contributed by atoms with E-state index in [9.17, 15) is 0 Å². The zero-order valence-corrected chi connectivity index (χ0v) is 8.67. The van der Waals surface area contributed by atoms with Crippen LogP contribution in [0, 0.1) is 5.39 Å². The molecule has 0 aliphatic rings. The Kier molecular flexibility index (Phi) is 4.62. The molecule has 0 spiro atoms. The van der Waals surface area contributed by atoms with E-state index in [0.29, 0.717) is 0 Å². The van der Waals surface area contributed by atoms with Gasteiger partial charge in [0.15, 0.2) is 0 Å². The molecule has 0 aliphatic heterocycles. The Balaban J connectivity index is 0.000000337. The molecule has 0 atom stereocenters. The van der Waals surface area contributed by atoms with Crippen LogP contribution in [-0.4, -0.2) is 7.05 Å². The monoisotopic (exact) mass is 197 g/mol. The van der Waals surface area contributed by atoms with Gasteiger partial charge in [0, 0.05) is 0 Å². The molecule has 0 amide bonds. The Labute approximate surface area is 89.8 Å². The highest BCUT2D eigenvalue weighted by molar-refractivity contribution is 5.62. The van der Waals surface area contributed by atoms with Crippen LogP contribution in [-0.2, 0) is 0 Å². The third kappa shape index (κ3) is 3.61. The fourth-order valence-electron chi connectivity index (χ4n) is 1.26. The van der Waals surface area contributed by atoms with Crippen molar-refractivity contribution >= 4 is 0 Å². The van der Waals surface area contributed by atoms with E-state index >= 15 is 0 Å². The predicted molar refractivity (Wildman–Crippen MR) is 62.9 cm³/mol. The number of nitrogens with zero attached hydrogens (tertiary/aromatic N) is 2. The first-order valence-corrected chi connectivity index (χ1v) is 4.72. The zero-order chi connectivity index (χ0) is 10.9. The zero-order valence-electron chi connectivity index (χ0n) is 8.67. The fraction of sp³-hybridized carbons (Fsp3) is 0.0769. The molecule has 2 nitrogen and oxygen atoms in total. The van der Waals surface area contributed by atoms with Crippen LogP contribution in [0.15, 0.2) is 60.7 Å². The minimum absolute atomic E-state index is 1.28. The molecule has 0 unspecified atom stereocenters. The molecule has 15 heavy (non-hydrogen) atoms. The number of rotatable bonds is 1. The van der Waals surface area contributed by atoms with Gasteiger partial charge in [0.05, 0.1) is 0 Å². The molecule has 0 aliphatic carbocycles. The first-order chi connectivity index (χ1) is 7.38. The van der Waals surface area contributed by atoms with Gasteiger partial charge in [-0.15, -0.1) is 0 Å². The Hall–Kier alpha value is -2.14. The van der Waals surface area contributed by atoms with Crippen molar-refractivity contribution < 1.29 is 0 Å². The maximum Gasteiger partial charge on any atom is 0.296 e. The second-order valence-corrected chi connectivity index (χ2v) is 2.93. The van der Waals surface area contributed by atoms with Crippen molar-refractivity contribution in [2.75, 3.05) is 7.05 Å². The van der Waals surface area contributed by atoms with Crippen molar-refractivity contribution in [2.24, 2.45) is 0 Å². The average molecular weight is 197 g/mol. The Morgan fingerprint density at radius 2 is 1.00 bits per heavy atom. The highest BCUT2D eigenvalue weighted by Gasteiger charge is 1.91. The van der Waals surface area contributed by atoms with E-state index in [1.54, 1.807) is 0 Å². The molecule has 0 bridgehead atoms. The lowest BCUT2D eigenvalue weighted by molar-refractivity contribution is 1.44. The molecule has 0 N–H and O–H groups in total. The molecule has 74 valence electrons. The summed E-state index contributed by atoms with van der Waals surface area (Å²) < 4.78 is 0. The second-order valence-electron chi connectivity index (χ2n) is 2.93. The van der Waals surface area contributed by atoms with Crippen molar-refractivity contribution in [3.8, 4) is 11.1 Å². The van der Waals surface area contributed by atoms with Crippen LogP contribution in [0.5, 0.6) is 0 Å². The van der Waals surface area contributed by atoms with Crippen molar-refractivity contribution in [2.45, 2.75) is 0 Å². The Morgan fingerprint density at radius 1 is 0.733 bits per heavy atom. The van der Waals surface area contributed by atoms with Gasteiger partial charge in [-0.1, -0.05) is 60.7 Å². The summed E-state index contributed by atoms with van der Waals surface area (Å²) in [5.74, 6) is 0. The summed E-state index contributed by atoms with van der Waals surface area (Å²) in [4.78, 5) is 2.50. The van der Waals surface area contributed by atoms with Gasteiger partial charge < -0.3 is 0 Å². The van der Waals surface area contributed by atoms with E-state index in [1.165, 1.54) is 18.2 Å². The number of hydrogen-bond donors (Lipinski definition) is 0. The minimum atomic E-state index is 1.28. The number of benzene rings is 2. The van der Waals surface area contributed by atoms with Crippen molar-refractivity contribution in [1.82, 2.24) is 0 Å². The SMILES string of the molecule is C[N+]#N.c1ccc(-c2ccccc2)cc1. The van der Waals surface area contributed by atoms with Crippen LogP contribution in [0.1, 0.15) is 0 Å². The number of diazo groups is 1. The minimum Gasteiger partial charge on any atom is -0.0622 e. The van der Waals surface area contributed by atoms with E-state index in [4.69, 9.17) is 5.39 Å². The highest BCUT2D eigenvalue weighted by Crippen LogP contribution is 2.17. The molecule has 0 aromatic heterocycles. The summed E-state index contributed by atoms with van der Waals surface area (Å²) in [5.41, 5.74) is 2.55. The first kappa shape index (κ1) is 10.9. The van der Waals surface area contributed by atoms with E-state index < -0.39 is 0 Å². The Bertz CT molecular complexity index is 378. The third-order valence-corrected chi connectivity index (χ3v) is 1.88. The molecule has 2 aromatic carbocycles. The lowest BCUT2D eigenvalue weighted by atomic mass is 10.1. The van der Waals surface area contributed by atoms with Crippen LogP contribution < -0.4 is 0 Å². The second kappa shape index (κ2) is 6.33. The normalized spacial score (nSPS) is 8.27. The van der Waals surface area contributed by atoms with E-state index in [-0.39, 0.29) is 0 Å². The predicted octanol–water partition coefficient (Wildman–Crippen LogP) is 3.82. The molecular formula is C13H13N2+. The summed E-state index contributed by atoms with van der Waals surface area (Å²) in [6, 6.07) is 20.8. The largest absolute Gasteiger partial charge is 0.296 e. The smallest absolute Gasteiger partial charge is 0.0622 e.